The summed E-state index contributed by atoms with van der Waals surface area (Å²) in [5.74, 6) is 0.763. The highest BCUT2D eigenvalue weighted by molar-refractivity contribution is 6.32. The lowest BCUT2D eigenvalue weighted by Crippen LogP contribution is -2.24. The van der Waals surface area contributed by atoms with Gasteiger partial charge in [-0.1, -0.05) is 35.3 Å². The van der Waals surface area contributed by atoms with E-state index in [1.54, 1.807) is 14.0 Å². The van der Waals surface area contributed by atoms with Crippen molar-refractivity contribution in [1.82, 2.24) is 9.55 Å². The molecule has 0 amide bonds. The first-order valence-corrected chi connectivity index (χ1v) is 6.34. The molecule has 0 N–H and O–H groups in total. The van der Waals surface area contributed by atoms with Gasteiger partial charge in [0.15, 0.2) is 5.15 Å². The lowest BCUT2D eigenvalue weighted by molar-refractivity contribution is 0.414. The Labute approximate surface area is 120 Å². The summed E-state index contributed by atoms with van der Waals surface area (Å²) in [4.78, 5) is 15.7. The molecule has 0 bridgehead atoms. The van der Waals surface area contributed by atoms with Crippen LogP contribution >= 0.6 is 23.2 Å². The first-order chi connectivity index (χ1) is 9.02. The molecule has 1 aromatic carbocycles. The second-order valence-electron chi connectivity index (χ2n) is 4.02. The largest absolute Gasteiger partial charge is 0.497 e. The van der Waals surface area contributed by atoms with E-state index in [0.717, 1.165) is 11.3 Å². The first-order valence-electron chi connectivity index (χ1n) is 5.58. The Balaban J connectivity index is 2.40. The van der Waals surface area contributed by atoms with Crippen LogP contribution in [0.5, 0.6) is 5.75 Å². The van der Waals surface area contributed by atoms with Crippen LogP contribution in [0.2, 0.25) is 10.3 Å². The van der Waals surface area contributed by atoms with Gasteiger partial charge in [-0.3, -0.25) is 4.79 Å². The zero-order valence-electron chi connectivity index (χ0n) is 10.5. The summed E-state index contributed by atoms with van der Waals surface area (Å²) >= 11 is 11.7. The predicted octanol–water partition coefficient (Wildman–Crippen LogP) is 2.92. The van der Waals surface area contributed by atoms with Gasteiger partial charge in [0.2, 0.25) is 0 Å². The summed E-state index contributed by atoms with van der Waals surface area (Å²) in [6, 6.07) is 7.43. The van der Waals surface area contributed by atoms with Gasteiger partial charge in [-0.2, -0.15) is 0 Å². The summed E-state index contributed by atoms with van der Waals surface area (Å²) in [5, 5.41) is 0.113. The van der Waals surface area contributed by atoms with E-state index in [4.69, 9.17) is 27.9 Å². The van der Waals surface area contributed by atoms with Crippen LogP contribution in [0.15, 0.2) is 29.1 Å². The average Bonchev–Trinajstić information content (AvgIpc) is 2.42. The fourth-order valence-electron chi connectivity index (χ4n) is 1.69. The number of aromatic nitrogens is 2. The molecule has 0 unspecified atom stereocenters. The summed E-state index contributed by atoms with van der Waals surface area (Å²) in [6.07, 6.45) is 0. The number of ether oxygens (including phenoxy) is 1. The van der Waals surface area contributed by atoms with E-state index in [0.29, 0.717) is 12.2 Å². The van der Waals surface area contributed by atoms with Crippen molar-refractivity contribution in [2.45, 2.75) is 13.5 Å². The smallest absolute Gasteiger partial charge is 0.288 e. The van der Waals surface area contributed by atoms with Gasteiger partial charge in [0.1, 0.15) is 10.9 Å². The van der Waals surface area contributed by atoms with E-state index in [-0.39, 0.29) is 15.9 Å². The van der Waals surface area contributed by atoms with E-state index in [9.17, 15) is 4.79 Å². The normalized spacial score (nSPS) is 10.5. The minimum absolute atomic E-state index is 0.121. The molecule has 100 valence electrons. The molecule has 0 spiro atoms. The molecule has 0 saturated heterocycles. The van der Waals surface area contributed by atoms with Crippen molar-refractivity contribution in [3.05, 3.63) is 56.2 Å². The summed E-state index contributed by atoms with van der Waals surface area (Å²) in [7, 11) is 1.60. The minimum Gasteiger partial charge on any atom is -0.497 e. The van der Waals surface area contributed by atoms with Crippen molar-refractivity contribution in [2.24, 2.45) is 0 Å². The van der Waals surface area contributed by atoms with Crippen molar-refractivity contribution in [3.8, 4) is 5.75 Å². The quantitative estimate of drug-likeness (QED) is 0.875. The summed E-state index contributed by atoms with van der Waals surface area (Å²) < 4.78 is 6.58. The maximum atomic E-state index is 12.0. The van der Waals surface area contributed by atoms with Gasteiger partial charge in [0.25, 0.3) is 5.56 Å². The Kier molecular flexibility index (Phi) is 4.12. The number of benzene rings is 1. The highest BCUT2D eigenvalue weighted by Crippen LogP contribution is 2.16. The van der Waals surface area contributed by atoms with Gasteiger partial charge in [0.05, 0.1) is 19.3 Å². The van der Waals surface area contributed by atoms with E-state index >= 15 is 0 Å². The van der Waals surface area contributed by atoms with Gasteiger partial charge in [-0.25, -0.2) is 4.98 Å². The van der Waals surface area contributed by atoms with Crippen molar-refractivity contribution in [3.63, 3.8) is 0 Å². The van der Waals surface area contributed by atoms with Crippen LogP contribution in [0, 0.1) is 6.92 Å². The molecule has 1 heterocycles. The maximum absolute atomic E-state index is 12.0. The summed E-state index contributed by atoms with van der Waals surface area (Å²) in [6.45, 7) is 2.12. The molecule has 2 rings (SSSR count). The molecule has 4 nitrogen and oxygen atoms in total. The Morgan fingerprint density at radius 2 is 1.84 bits per heavy atom. The third kappa shape index (κ3) is 2.91. The third-order valence-corrected chi connectivity index (χ3v) is 3.43. The second-order valence-corrected chi connectivity index (χ2v) is 4.73. The standard InChI is InChI=1S/C13H12Cl2N2O2/c1-8-11(14)16-12(15)13(18)17(8)7-9-3-5-10(19-2)6-4-9/h3-6H,7H2,1-2H3. The maximum Gasteiger partial charge on any atom is 0.288 e. The van der Waals surface area contributed by atoms with E-state index in [2.05, 4.69) is 4.98 Å². The molecule has 0 aliphatic rings. The van der Waals surface area contributed by atoms with Gasteiger partial charge in [-0.15, -0.1) is 0 Å². The Morgan fingerprint density at radius 3 is 2.42 bits per heavy atom. The van der Waals surface area contributed by atoms with E-state index in [1.165, 1.54) is 4.57 Å². The molecular weight excluding hydrogens is 287 g/mol. The third-order valence-electron chi connectivity index (χ3n) is 2.82. The first kappa shape index (κ1) is 13.9. The Hall–Kier alpha value is -1.52. The summed E-state index contributed by atoms with van der Waals surface area (Å²) in [5.41, 5.74) is 1.19. The van der Waals surface area contributed by atoms with Gasteiger partial charge in [-0.05, 0) is 24.6 Å². The highest BCUT2D eigenvalue weighted by Gasteiger charge is 2.11. The van der Waals surface area contributed by atoms with Gasteiger partial charge >= 0.3 is 0 Å². The molecule has 1 aromatic heterocycles. The number of halogens is 2. The van der Waals surface area contributed by atoms with Crippen LogP contribution in [-0.4, -0.2) is 16.7 Å². The van der Waals surface area contributed by atoms with Crippen LogP contribution < -0.4 is 10.3 Å². The van der Waals surface area contributed by atoms with Crippen LogP contribution in [-0.2, 0) is 6.54 Å². The number of methoxy groups -OCH3 is 1. The van der Waals surface area contributed by atoms with Crippen LogP contribution in [0.4, 0.5) is 0 Å². The highest BCUT2D eigenvalue weighted by atomic mass is 35.5. The molecule has 0 radical (unpaired) electrons. The SMILES string of the molecule is COc1ccc(Cn2c(C)c(Cl)nc(Cl)c2=O)cc1. The molecule has 0 aliphatic heterocycles. The molecule has 19 heavy (non-hydrogen) atoms. The Morgan fingerprint density at radius 1 is 1.21 bits per heavy atom. The molecule has 0 aliphatic carbocycles. The number of hydrogen-bond acceptors (Lipinski definition) is 3. The molecular formula is C13H12Cl2N2O2. The van der Waals surface area contributed by atoms with Crippen molar-refractivity contribution in [1.29, 1.82) is 0 Å². The molecule has 0 atom stereocenters. The topological polar surface area (TPSA) is 44.1 Å². The fourth-order valence-corrected chi connectivity index (χ4v) is 2.11. The van der Waals surface area contributed by atoms with Crippen LogP contribution in [0.25, 0.3) is 0 Å². The lowest BCUT2D eigenvalue weighted by atomic mass is 10.2. The van der Waals surface area contributed by atoms with Crippen molar-refractivity contribution < 1.29 is 4.74 Å². The van der Waals surface area contributed by atoms with Crippen molar-refractivity contribution in [2.75, 3.05) is 7.11 Å². The van der Waals surface area contributed by atoms with Crippen LogP contribution in [0.3, 0.4) is 0 Å². The molecule has 6 heteroatoms. The number of rotatable bonds is 3. The molecule has 0 fully saturated rings. The second kappa shape index (κ2) is 5.63. The Bertz CT molecular complexity index is 651. The number of hydrogen-bond donors (Lipinski definition) is 0. The lowest BCUT2D eigenvalue weighted by Gasteiger charge is -2.11. The average molecular weight is 299 g/mol. The van der Waals surface area contributed by atoms with E-state index < -0.39 is 0 Å². The van der Waals surface area contributed by atoms with Crippen molar-refractivity contribution >= 4 is 23.2 Å². The molecule has 0 saturated carbocycles. The van der Waals surface area contributed by atoms with Gasteiger partial charge < -0.3 is 9.30 Å². The zero-order chi connectivity index (χ0) is 14.0. The van der Waals surface area contributed by atoms with E-state index in [1.807, 2.05) is 24.3 Å². The van der Waals surface area contributed by atoms with Gasteiger partial charge in [0, 0.05) is 0 Å². The zero-order valence-corrected chi connectivity index (χ0v) is 12.0. The van der Waals surface area contributed by atoms with Crippen LogP contribution in [0.1, 0.15) is 11.3 Å². The molecule has 2 aromatic rings. The number of nitrogens with zero attached hydrogens (tertiary/aromatic N) is 2. The predicted molar refractivity (Wildman–Crippen MR) is 75.4 cm³/mol. The minimum atomic E-state index is -0.348. The monoisotopic (exact) mass is 298 g/mol. The fraction of sp³-hybridized carbons (Fsp3) is 0.231.